The Morgan fingerprint density at radius 1 is 2.00 bits per heavy atom. The average molecular weight is 59.1 g/mol. The van der Waals surface area contributed by atoms with Crippen molar-refractivity contribution in [2.24, 2.45) is 0 Å². The van der Waals surface area contributed by atoms with Crippen LogP contribution in [-0.2, 0) is 0 Å². The first kappa shape index (κ1) is 3.92. The lowest BCUT2D eigenvalue weighted by atomic mass is 10.7. The topological polar surface area (TPSA) is 44.0 Å². The quantitative estimate of drug-likeness (QED) is 0.398. The Kier molecular flexibility index (Phi) is 1.24. The zero-order chi connectivity index (χ0) is 3.58. The van der Waals surface area contributed by atoms with Crippen LogP contribution in [0.25, 0.3) is 0 Å². The second-order valence-electron chi connectivity index (χ2n) is 0.516. The lowest BCUT2D eigenvalue weighted by molar-refractivity contribution is 0.221. The minimum Gasteiger partial charge on any atom is -0.377 e. The van der Waals surface area contributed by atoms with Crippen molar-refractivity contribution in [1.29, 1.82) is 0 Å². The van der Waals surface area contributed by atoms with E-state index in [0.717, 1.165) is 0 Å². The standard InChI is InChI=1S/C2H5NO/c1-2(3)4/h2-4H,1H2. The molecule has 2 N–H and O–H groups in total. The maximum Gasteiger partial charge on any atom is 0.117 e. The van der Waals surface area contributed by atoms with Gasteiger partial charge in [0.25, 0.3) is 0 Å². The number of rotatable bonds is 0. The molecule has 0 amide bonds. The van der Waals surface area contributed by atoms with Gasteiger partial charge in [-0.1, -0.05) is 0 Å². The van der Waals surface area contributed by atoms with Crippen LogP contribution in [0.5, 0.6) is 0 Å². The predicted octanol–water partition coefficient (Wildman–Crippen LogP) is -0.578. The van der Waals surface area contributed by atoms with E-state index >= 15 is 0 Å². The van der Waals surface area contributed by atoms with Gasteiger partial charge >= 0.3 is 0 Å². The van der Waals surface area contributed by atoms with E-state index in [9.17, 15) is 0 Å². The second kappa shape index (κ2) is 1.26. The summed E-state index contributed by atoms with van der Waals surface area (Å²) in [5.74, 6) is 0. The highest BCUT2D eigenvalue weighted by Gasteiger charge is 1.70. The maximum atomic E-state index is 7.61. The highest BCUT2D eigenvalue weighted by atomic mass is 16.3. The largest absolute Gasteiger partial charge is 0.377 e. The molecule has 0 aromatic heterocycles. The van der Waals surface area contributed by atoms with Gasteiger partial charge in [-0.25, -0.2) is 5.73 Å². The van der Waals surface area contributed by atoms with Crippen LogP contribution in [0.2, 0.25) is 0 Å². The Bertz CT molecular complexity index is 10.8. The highest BCUT2D eigenvalue weighted by molar-refractivity contribution is 4.36. The van der Waals surface area contributed by atoms with Gasteiger partial charge in [-0.2, -0.15) is 0 Å². The van der Waals surface area contributed by atoms with Crippen molar-refractivity contribution in [3.05, 3.63) is 6.92 Å². The minimum absolute atomic E-state index is 1.17. The van der Waals surface area contributed by atoms with E-state index in [-0.39, 0.29) is 0 Å². The Balaban J connectivity index is 2.32. The molecule has 4 heavy (non-hydrogen) atoms. The van der Waals surface area contributed by atoms with Crippen LogP contribution in [0.1, 0.15) is 0 Å². The van der Waals surface area contributed by atoms with Crippen LogP contribution in [0, 0.1) is 6.92 Å². The molecule has 0 aromatic rings. The molecule has 0 fully saturated rings. The van der Waals surface area contributed by atoms with Crippen molar-refractivity contribution in [3.63, 3.8) is 0 Å². The molecule has 0 aliphatic heterocycles. The van der Waals surface area contributed by atoms with Gasteiger partial charge in [0, 0.05) is 0 Å². The van der Waals surface area contributed by atoms with Crippen molar-refractivity contribution in [2.75, 3.05) is 0 Å². The molecule has 1 atom stereocenters. The van der Waals surface area contributed by atoms with Crippen molar-refractivity contribution < 1.29 is 5.11 Å². The Morgan fingerprint density at radius 2 is 2.00 bits per heavy atom. The SMILES string of the molecule is [CH2]C([NH])O. The van der Waals surface area contributed by atoms with Gasteiger partial charge in [0.1, 0.15) is 6.23 Å². The monoisotopic (exact) mass is 59.0 g/mol. The van der Waals surface area contributed by atoms with Crippen molar-refractivity contribution >= 4 is 0 Å². The van der Waals surface area contributed by atoms with E-state index < -0.39 is 6.23 Å². The first-order valence-electron chi connectivity index (χ1n) is 0.955. The van der Waals surface area contributed by atoms with Crippen molar-refractivity contribution in [2.45, 2.75) is 6.23 Å². The molecule has 2 heteroatoms. The van der Waals surface area contributed by atoms with E-state index in [1.54, 1.807) is 0 Å². The van der Waals surface area contributed by atoms with Gasteiger partial charge in [-0.05, 0) is 6.92 Å². The molecule has 1 unspecified atom stereocenters. The molecule has 2 nitrogen and oxygen atoms in total. The average Bonchev–Trinajstić information content (AvgIpc) is 0.811. The minimum atomic E-state index is -1.17. The lowest BCUT2D eigenvalue weighted by Gasteiger charge is -1.79. The third kappa shape index (κ3) is 254. The summed E-state index contributed by atoms with van der Waals surface area (Å²) in [4.78, 5) is 0. The molecule has 0 aliphatic rings. The number of hydrogen-bond donors (Lipinski definition) is 1. The molecule has 0 spiro atoms. The van der Waals surface area contributed by atoms with E-state index in [4.69, 9.17) is 10.8 Å². The zero-order valence-corrected chi connectivity index (χ0v) is 2.23. The van der Waals surface area contributed by atoms with Crippen LogP contribution in [0.4, 0.5) is 0 Å². The van der Waals surface area contributed by atoms with Gasteiger partial charge in [0.15, 0.2) is 0 Å². The summed E-state index contributed by atoms with van der Waals surface area (Å²) >= 11 is 0. The van der Waals surface area contributed by atoms with Crippen LogP contribution in [-0.4, -0.2) is 11.3 Å². The molecule has 0 heterocycles. The fraction of sp³-hybridized carbons (Fsp3) is 0.500. The zero-order valence-electron chi connectivity index (χ0n) is 2.23. The van der Waals surface area contributed by atoms with Crippen molar-refractivity contribution in [3.8, 4) is 0 Å². The summed E-state index contributed by atoms with van der Waals surface area (Å²) in [5.41, 5.74) is 6.03. The van der Waals surface area contributed by atoms with E-state index in [0.29, 0.717) is 0 Å². The number of aliphatic hydroxyl groups is 1. The summed E-state index contributed by atoms with van der Waals surface area (Å²) in [6.07, 6.45) is -1.17. The van der Waals surface area contributed by atoms with E-state index in [1.807, 2.05) is 0 Å². The smallest absolute Gasteiger partial charge is 0.117 e. The van der Waals surface area contributed by atoms with Gasteiger partial charge in [0.05, 0.1) is 0 Å². The van der Waals surface area contributed by atoms with Crippen LogP contribution < -0.4 is 5.73 Å². The third-order valence-corrected chi connectivity index (χ3v) is 0. The Morgan fingerprint density at radius 3 is 2.00 bits per heavy atom. The first-order chi connectivity index (χ1) is 1.73. The normalized spacial score (nSPS) is 15.8. The maximum absolute atomic E-state index is 7.61. The highest BCUT2D eigenvalue weighted by Crippen LogP contribution is 1.53. The summed E-state index contributed by atoms with van der Waals surface area (Å²) in [5, 5.41) is 7.61. The molecule has 0 bridgehead atoms. The lowest BCUT2D eigenvalue weighted by Crippen LogP contribution is -1.96. The Labute approximate surface area is 25.2 Å². The molecule has 0 rings (SSSR count). The predicted molar refractivity (Wildman–Crippen MR) is 14.5 cm³/mol. The summed E-state index contributed by atoms with van der Waals surface area (Å²) in [6, 6.07) is 0. The van der Waals surface area contributed by atoms with Gasteiger partial charge in [-0.3, -0.25) is 0 Å². The number of nitrogens with one attached hydrogen (secondary N) is 1. The van der Waals surface area contributed by atoms with Crippen molar-refractivity contribution in [1.82, 2.24) is 5.73 Å². The third-order valence-electron chi connectivity index (χ3n) is 0. The summed E-state index contributed by atoms with van der Waals surface area (Å²) in [6.45, 7) is 2.86. The first-order valence-corrected chi connectivity index (χ1v) is 0.955. The summed E-state index contributed by atoms with van der Waals surface area (Å²) < 4.78 is 0. The van der Waals surface area contributed by atoms with E-state index in [1.165, 1.54) is 0 Å². The fourth-order valence-corrected chi connectivity index (χ4v) is 0. The Hall–Kier alpha value is -0.0800. The molecular formula is C2H5NO. The van der Waals surface area contributed by atoms with Crippen LogP contribution in [0.15, 0.2) is 0 Å². The molecule has 0 aromatic carbocycles. The second-order valence-corrected chi connectivity index (χ2v) is 0.516. The summed E-state index contributed by atoms with van der Waals surface area (Å²) in [7, 11) is 0. The fourth-order valence-electron chi connectivity index (χ4n) is 0. The van der Waals surface area contributed by atoms with E-state index in [2.05, 4.69) is 6.92 Å². The molecule has 2 radical (unpaired) electrons. The molecule has 0 saturated carbocycles. The van der Waals surface area contributed by atoms with Crippen LogP contribution >= 0.6 is 0 Å². The molecular weight excluding hydrogens is 54.0 g/mol. The molecule has 24 valence electrons. The van der Waals surface area contributed by atoms with Gasteiger partial charge < -0.3 is 5.11 Å². The van der Waals surface area contributed by atoms with Gasteiger partial charge in [0.2, 0.25) is 0 Å². The molecule has 0 aliphatic carbocycles. The number of aliphatic hydroxyl groups excluding tert-OH is 1. The van der Waals surface area contributed by atoms with Crippen LogP contribution in [0.3, 0.4) is 0 Å². The van der Waals surface area contributed by atoms with Gasteiger partial charge in [-0.15, -0.1) is 0 Å². The number of hydrogen-bond acceptors (Lipinski definition) is 1. The molecule has 0 saturated heterocycles.